The van der Waals surface area contributed by atoms with E-state index >= 15 is 0 Å². The molecule has 0 amide bonds. The van der Waals surface area contributed by atoms with Crippen LogP contribution in [0.5, 0.6) is 0 Å². The molecule has 0 spiro atoms. The molecule has 0 saturated heterocycles. The maximum Gasteiger partial charge on any atom is 0.0541 e. The second-order valence-electron chi connectivity index (χ2n) is 14.8. The molecule has 0 radical (unpaired) electrons. The highest BCUT2D eigenvalue weighted by Gasteiger charge is 2.29. The van der Waals surface area contributed by atoms with E-state index in [0.717, 1.165) is 12.8 Å². The molecule has 2 unspecified atom stereocenters. The minimum atomic E-state index is 0.645. The molecule has 7 aromatic carbocycles. The number of nitrogens with zero attached hydrogens (tertiary/aromatic N) is 2. The van der Waals surface area contributed by atoms with Gasteiger partial charge in [-0.1, -0.05) is 129 Å². The first-order chi connectivity index (χ1) is 25.6. The molecular weight excluding hydrogens is 629 g/mol. The first-order valence-corrected chi connectivity index (χ1v) is 18.6. The van der Waals surface area contributed by atoms with E-state index < -0.39 is 0 Å². The lowest BCUT2D eigenvalue weighted by molar-refractivity contribution is 0.357. The van der Waals surface area contributed by atoms with Crippen molar-refractivity contribution >= 4 is 32.7 Å². The number of aromatic nitrogens is 2. The van der Waals surface area contributed by atoms with E-state index in [1.807, 2.05) is 0 Å². The Balaban J connectivity index is 1.10. The Morgan fingerprint density at radius 2 is 0.885 bits per heavy atom. The maximum atomic E-state index is 2.55. The zero-order valence-corrected chi connectivity index (χ0v) is 29.6. The smallest absolute Gasteiger partial charge is 0.0541 e. The van der Waals surface area contributed by atoms with Gasteiger partial charge in [-0.15, -0.1) is 0 Å². The Labute approximate surface area is 305 Å². The average molecular weight is 669 g/mol. The third-order valence-corrected chi connectivity index (χ3v) is 11.6. The van der Waals surface area contributed by atoms with Crippen molar-refractivity contribution in [1.29, 1.82) is 0 Å². The van der Waals surface area contributed by atoms with Gasteiger partial charge in [-0.3, -0.25) is 0 Å². The van der Waals surface area contributed by atoms with Crippen molar-refractivity contribution in [2.45, 2.75) is 26.7 Å². The van der Waals surface area contributed by atoms with Crippen molar-refractivity contribution in [3.63, 3.8) is 0 Å². The van der Waals surface area contributed by atoms with Gasteiger partial charge < -0.3 is 9.13 Å². The van der Waals surface area contributed by atoms with Crippen LogP contribution in [0.3, 0.4) is 0 Å². The van der Waals surface area contributed by atoms with Crippen LogP contribution in [0.2, 0.25) is 0 Å². The zero-order chi connectivity index (χ0) is 34.8. The summed E-state index contributed by atoms with van der Waals surface area (Å²) < 4.78 is 4.97. The molecule has 2 aromatic heterocycles. The third-order valence-electron chi connectivity index (χ3n) is 11.6. The summed E-state index contributed by atoms with van der Waals surface area (Å²) in [6.45, 7) is 4.84. The van der Waals surface area contributed by atoms with Crippen molar-refractivity contribution in [2.75, 3.05) is 0 Å². The Morgan fingerprint density at radius 3 is 1.62 bits per heavy atom. The van der Waals surface area contributed by atoms with Crippen molar-refractivity contribution in [3.05, 3.63) is 181 Å². The Kier molecular flexibility index (Phi) is 7.25. The molecule has 9 aromatic rings. The van der Waals surface area contributed by atoms with E-state index in [4.69, 9.17) is 0 Å². The highest BCUT2D eigenvalue weighted by molar-refractivity contribution is 6.10. The first-order valence-electron chi connectivity index (χ1n) is 18.6. The van der Waals surface area contributed by atoms with Crippen LogP contribution in [0.25, 0.3) is 77.5 Å². The summed E-state index contributed by atoms with van der Waals surface area (Å²) in [6.07, 6.45) is 2.21. The molecule has 52 heavy (non-hydrogen) atoms. The summed E-state index contributed by atoms with van der Waals surface area (Å²) >= 11 is 0. The number of benzene rings is 7. The van der Waals surface area contributed by atoms with E-state index in [1.165, 1.54) is 88.7 Å². The summed E-state index contributed by atoms with van der Waals surface area (Å²) in [4.78, 5) is 0. The van der Waals surface area contributed by atoms with Crippen LogP contribution >= 0.6 is 0 Å². The van der Waals surface area contributed by atoms with E-state index in [1.54, 1.807) is 0 Å². The lowest BCUT2D eigenvalue weighted by atomic mass is 9.80. The highest BCUT2D eigenvalue weighted by atomic mass is 15.0. The quantitative estimate of drug-likeness (QED) is 0.173. The summed E-state index contributed by atoms with van der Waals surface area (Å²) in [5, 5.41) is 3.94. The zero-order valence-electron chi connectivity index (χ0n) is 29.6. The largest absolute Gasteiger partial charge is 0.313 e. The van der Waals surface area contributed by atoms with Crippen LogP contribution in [0.4, 0.5) is 0 Å². The van der Waals surface area contributed by atoms with Crippen LogP contribution in [-0.4, -0.2) is 9.13 Å². The van der Waals surface area contributed by atoms with Crippen molar-refractivity contribution in [3.8, 4) is 44.8 Å². The molecule has 2 atom stereocenters. The van der Waals surface area contributed by atoms with Crippen LogP contribution < -0.4 is 0 Å². The Bertz CT molecular complexity index is 2750. The second kappa shape index (κ2) is 12.3. The number of rotatable bonds is 5. The monoisotopic (exact) mass is 668 g/mol. The summed E-state index contributed by atoms with van der Waals surface area (Å²) in [6, 6.07) is 62.4. The molecule has 2 heterocycles. The molecule has 10 rings (SSSR count). The lowest BCUT2D eigenvalue weighted by Gasteiger charge is -2.27. The van der Waals surface area contributed by atoms with Crippen molar-refractivity contribution in [1.82, 2.24) is 9.13 Å². The molecule has 1 aliphatic carbocycles. The fraction of sp³-hybridized carbons (Fsp3) is 0.120. The lowest BCUT2D eigenvalue weighted by Crippen LogP contribution is -2.21. The van der Waals surface area contributed by atoms with Gasteiger partial charge in [0.15, 0.2) is 0 Å². The fourth-order valence-corrected chi connectivity index (χ4v) is 8.67. The average Bonchev–Trinajstić information content (AvgIpc) is 3.70. The normalized spacial score (nSPS) is 15.7. The fourth-order valence-electron chi connectivity index (χ4n) is 8.67. The van der Waals surface area contributed by atoms with Gasteiger partial charge in [-0.2, -0.15) is 0 Å². The molecule has 2 heteroatoms. The molecule has 0 aliphatic heterocycles. The number of fused-ring (bicyclic) bond motifs is 6. The van der Waals surface area contributed by atoms with Gasteiger partial charge in [0, 0.05) is 33.2 Å². The summed E-state index contributed by atoms with van der Waals surface area (Å²) in [7, 11) is 0. The SMILES string of the molecule is CC1Cc2c(n(-c3ccc(-c4ccccc4)cc3)c3ccc(-c4ccc5c(c4)c4ccccc4n5-c4cccc(-c5ccccc5)c4)cc23)CC1C. The van der Waals surface area contributed by atoms with Crippen LogP contribution in [0.1, 0.15) is 25.1 Å². The first kappa shape index (κ1) is 30.7. The number of hydrogen-bond donors (Lipinski definition) is 0. The second-order valence-corrected chi connectivity index (χ2v) is 14.8. The molecule has 0 bridgehead atoms. The summed E-state index contributed by atoms with van der Waals surface area (Å²) in [5.41, 5.74) is 16.6. The Hall–Kier alpha value is -6.12. The predicted molar refractivity (Wildman–Crippen MR) is 220 cm³/mol. The van der Waals surface area contributed by atoms with Crippen LogP contribution in [0.15, 0.2) is 170 Å². The highest BCUT2D eigenvalue weighted by Crippen LogP contribution is 2.42. The summed E-state index contributed by atoms with van der Waals surface area (Å²) in [5.74, 6) is 1.30. The van der Waals surface area contributed by atoms with Gasteiger partial charge in [0.1, 0.15) is 0 Å². The van der Waals surface area contributed by atoms with Crippen LogP contribution in [0, 0.1) is 11.8 Å². The molecule has 0 N–H and O–H groups in total. The topological polar surface area (TPSA) is 9.86 Å². The van der Waals surface area contributed by atoms with E-state index in [2.05, 4.69) is 193 Å². The molecule has 250 valence electrons. The van der Waals surface area contributed by atoms with Crippen molar-refractivity contribution in [2.24, 2.45) is 11.8 Å². The third kappa shape index (κ3) is 5.01. The van der Waals surface area contributed by atoms with Crippen molar-refractivity contribution < 1.29 is 0 Å². The minimum Gasteiger partial charge on any atom is -0.313 e. The van der Waals surface area contributed by atoms with Gasteiger partial charge >= 0.3 is 0 Å². The number of para-hydroxylation sites is 1. The predicted octanol–water partition coefficient (Wildman–Crippen LogP) is 13.1. The maximum absolute atomic E-state index is 2.55. The van der Waals surface area contributed by atoms with Gasteiger partial charge in [-0.05, 0) is 118 Å². The Morgan fingerprint density at radius 1 is 0.365 bits per heavy atom. The standard InChI is InChI=1S/C50H40N2/c1-33-28-44-46-32-40(23-27-49(46)51(50(44)29-34(33)2)41-24-20-37(21-25-41)35-12-5-3-6-13-35)39-22-26-48-45(31-39)43-18-9-10-19-47(43)52(48)42-17-11-16-38(30-42)36-14-7-4-8-15-36/h3-27,30-34H,28-29H2,1-2H3. The minimum absolute atomic E-state index is 0.645. The van der Waals surface area contributed by atoms with Gasteiger partial charge in [0.25, 0.3) is 0 Å². The molecular formula is C50H40N2. The molecule has 0 saturated carbocycles. The van der Waals surface area contributed by atoms with E-state index in [0.29, 0.717) is 11.8 Å². The van der Waals surface area contributed by atoms with Gasteiger partial charge in [0.2, 0.25) is 0 Å². The van der Waals surface area contributed by atoms with Crippen LogP contribution in [-0.2, 0) is 12.8 Å². The molecule has 2 nitrogen and oxygen atoms in total. The van der Waals surface area contributed by atoms with E-state index in [9.17, 15) is 0 Å². The van der Waals surface area contributed by atoms with Gasteiger partial charge in [0.05, 0.1) is 16.6 Å². The molecule has 0 fully saturated rings. The van der Waals surface area contributed by atoms with Gasteiger partial charge in [-0.25, -0.2) is 0 Å². The molecule has 1 aliphatic rings. The van der Waals surface area contributed by atoms with E-state index in [-0.39, 0.29) is 0 Å². The number of hydrogen-bond acceptors (Lipinski definition) is 0.